The minimum Gasteiger partial charge on any atom is -0.423 e. The zero-order valence-corrected chi connectivity index (χ0v) is 7.58. The van der Waals surface area contributed by atoms with E-state index in [9.17, 15) is 5.02 Å². The van der Waals surface area contributed by atoms with Gasteiger partial charge < -0.3 is 15.0 Å². The van der Waals surface area contributed by atoms with Crippen molar-refractivity contribution in [3.8, 4) is 0 Å². The van der Waals surface area contributed by atoms with Crippen molar-refractivity contribution in [2.75, 3.05) is 7.05 Å². The number of hydrogen-bond acceptors (Lipinski definition) is 3. The van der Waals surface area contributed by atoms with Crippen LogP contribution >= 0.6 is 0 Å². The van der Waals surface area contributed by atoms with Crippen LogP contribution in [0.5, 0.6) is 0 Å². The SMILES string of the molecule is CNCc1ccc2c(c1)B(O)OC2. The highest BCUT2D eigenvalue weighted by Crippen LogP contribution is 2.10. The Kier molecular flexibility index (Phi) is 2.35. The number of hydrogen-bond donors (Lipinski definition) is 2. The van der Waals surface area contributed by atoms with Crippen LogP contribution in [-0.2, 0) is 17.8 Å². The van der Waals surface area contributed by atoms with Gasteiger partial charge >= 0.3 is 7.12 Å². The van der Waals surface area contributed by atoms with Crippen LogP contribution in [0.15, 0.2) is 18.2 Å². The molecule has 0 saturated carbocycles. The predicted molar refractivity (Wildman–Crippen MR) is 51.6 cm³/mol. The van der Waals surface area contributed by atoms with Gasteiger partial charge in [0.15, 0.2) is 0 Å². The molecule has 4 heteroatoms. The predicted octanol–water partition coefficient (Wildman–Crippen LogP) is -0.376. The second-order valence-corrected chi connectivity index (χ2v) is 3.23. The van der Waals surface area contributed by atoms with Crippen LogP contribution in [0.3, 0.4) is 0 Å². The highest BCUT2D eigenvalue weighted by Gasteiger charge is 2.26. The molecule has 0 atom stereocenters. The fraction of sp³-hybridized carbons (Fsp3) is 0.333. The lowest BCUT2D eigenvalue weighted by molar-refractivity contribution is 0.275. The van der Waals surface area contributed by atoms with Crippen LogP contribution < -0.4 is 10.8 Å². The molecule has 68 valence electrons. The van der Waals surface area contributed by atoms with Gasteiger partial charge in [0.1, 0.15) is 0 Å². The van der Waals surface area contributed by atoms with Gasteiger partial charge in [-0.2, -0.15) is 0 Å². The Labute approximate surface area is 77.9 Å². The molecule has 0 fully saturated rings. The highest BCUT2D eigenvalue weighted by molar-refractivity contribution is 6.61. The summed E-state index contributed by atoms with van der Waals surface area (Å²) in [4.78, 5) is 0. The van der Waals surface area contributed by atoms with Crippen LogP contribution in [-0.4, -0.2) is 19.2 Å². The average molecular weight is 177 g/mol. The van der Waals surface area contributed by atoms with Crippen molar-refractivity contribution in [3.63, 3.8) is 0 Å². The Balaban J connectivity index is 2.31. The van der Waals surface area contributed by atoms with E-state index in [1.165, 1.54) is 5.56 Å². The van der Waals surface area contributed by atoms with Gasteiger partial charge in [-0.05, 0) is 23.6 Å². The maximum atomic E-state index is 9.43. The molecule has 0 amide bonds. The molecule has 3 nitrogen and oxygen atoms in total. The molecule has 0 bridgehead atoms. The van der Waals surface area contributed by atoms with Crippen molar-refractivity contribution in [3.05, 3.63) is 29.3 Å². The average Bonchev–Trinajstić information content (AvgIpc) is 2.49. The normalized spacial score (nSPS) is 14.8. The first kappa shape index (κ1) is 8.75. The topological polar surface area (TPSA) is 41.5 Å². The number of rotatable bonds is 2. The summed E-state index contributed by atoms with van der Waals surface area (Å²) in [5, 5.41) is 12.5. The molecular formula is C9H12BNO2. The Morgan fingerprint density at radius 2 is 2.46 bits per heavy atom. The van der Waals surface area contributed by atoms with E-state index in [1.54, 1.807) is 0 Å². The van der Waals surface area contributed by atoms with E-state index in [4.69, 9.17) is 4.65 Å². The lowest BCUT2D eigenvalue weighted by atomic mass is 9.79. The van der Waals surface area contributed by atoms with E-state index in [0.29, 0.717) is 6.61 Å². The second-order valence-electron chi connectivity index (χ2n) is 3.23. The smallest absolute Gasteiger partial charge is 0.423 e. The van der Waals surface area contributed by atoms with Crippen molar-refractivity contribution in [2.45, 2.75) is 13.2 Å². The molecule has 1 aromatic carbocycles. The first-order chi connectivity index (χ1) is 6.31. The Morgan fingerprint density at radius 3 is 3.23 bits per heavy atom. The summed E-state index contributed by atoms with van der Waals surface area (Å²) in [6.07, 6.45) is 0. The molecule has 0 spiro atoms. The molecular weight excluding hydrogens is 165 g/mol. The maximum Gasteiger partial charge on any atom is 0.491 e. The largest absolute Gasteiger partial charge is 0.491 e. The molecule has 0 aliphatic carbocycles. The van der Waals surface area contributed by atoms with Gasteiger partial charge in [0.25, 0.3) is 0 Å². The zero-order valence-electron chi connectivity index (χ0n) is 7.58. The minimum atomic E-state index is -0.730. The van der Waals surface area contributed by atoms with Gasteiger partial charge in [-0.15, -0.1) is 0 Å². The number of benzene rings is 1. The third-order valence-electron chi connectivity index (χ3n) is 2.25. The first-order valence-electron chi connectivity index (χ1n) is 4.37. The number of fused-ring (bicyclic) bond motifs is 1. The lowest BCUT2D eigenvalue weighted by Crippen LogP contribution is -2.28. The Morgan fingerprint density at radius 1 is 1.62 bits per heavy atom. The van der Waals surface area contributed by atoms with Gasteiger partial charge in [-0.3, -0.25) is 0 Å². The fourth-order valence-corrected chi connectivity index (χ4v) is 1.58. The second kappa shape index (κ2) is 3.50. The van der Waals surface area contributed by atoms with Gasteiger partial charge in [0.05, 0.1) is 6.61 Å². The van der Waals surface area contributed by atoms with Gasteiger partial charge in [0, 0.05) is 6.54 Å². The highest BCUT2D eigenvalue weighted by atomic mass is 16.5. The van der Waals surface area contributed by atoms with Gasteiger partial charge in [-0.25, -0.2) is 0 Å². The molecule has 1 aromatic rings. The van der Waals surface area contributed by atoms with Crippen LogP contribution in [0.4, 0.5) is 0 Å². The van der Waals surface area contributed by atoms with Crippen LogP contribution in [0.2, 0.25) is 0 Å². The van der Waals surface area contributed by atoms with Crippen LogP contribution in [0.1, 0.15) is 11.1 Å². The summed E-state index contributed by atoms with van der Waals surface area (Å²) >= 11 is 0. The van der Waals surface area contributed by atoms with Gasteiger partial charge in [-0.1, -0.05) is 18.2 Å². The molecule has 1 aliphatic heterocycles. The van der Waals surface area contributed by atoms with Crippen LogP contribution in [0, 0.1) is 0 Å². The van der Waals surface area contributed by atoms with Crippen LogP contribution in [0.25, 0.3) is 0 Å². The minimum absolute atomic E-state index is 0.524. The molecule has 1 heterocycles. The van der Waals surface area contributed by atoms with Crippen molar-refractivity contribution >= 4 is 12.6 Å². The van der Waals surface area contributed by atoms with E-state index in [1.807, 2.05) is 19.2 Å². The molecule has 2 rings (SSSR count). The van der Waals surface area contributed by atoms with E-state index < -0.39 is 7.12 Å². The zero-order chi connectivity index (χ0) is 9.26. The first-order valence-corrected chi connectivity index (χ1v) is 4.37. The molecule has 0 unspecified atom stereocenters. The summed E-state index contributed by atoms with van der Waals surface area (Å²) in [7, 11) is 1.17. The molecule has 0 radical (unpaired) electrons. The lowest BCUT2D eigenvalue weighted by Gasteiger charge is -2.03. The summed E-state index contributed by atoms with van der Waals surface area (Å²) in [6.45, 7) is 1.34. The molecule has 13 heavy (non-hydrogen) atoms. The maximum absolute atomic E-state index is 9.43. The molecule has 2 N–H and O–H groups in total. The monoisotopic (exact) mass is 177 g/mol. The Hall–Kier alpha value is -0.835. The third kappa shape index (κ3) is 1.61. The van der Waals surface area contributed by atoms with E-state index in [0.717, 1.165) is 17.6 Å². The molecule has 0 saturated heterocycles. The van der Waals surface area contributed by atoms with Crippen molar-refractivity contribution in [1.29, 1.82) is 0 Å². The van der Waals surface area contributed by atoms with E-state index in [2.05, 4.69) is 11.4 Å². The Bertz CT molecular complexity index is 316. The molecule has 1 aliphatic rings. The summed E-state index contributed by atoms with van der Waals surface area (Å²) in [6, 6.07) is 6.05. The van der Waals surface area contributed by atoms with Crippen molar-refractivity contribution in [1.82, 2.24) is 5.32 Å². The quantitative estimate of drug-likeness (QED) is 0.605. The van der Waals surface area contributed by atoms with Crippen molar-refractivity contribution < 1.29 is 9.68 Å². The standard InChI is InChI=1S/C9H12BNO2/c1-11-5-7-2-3-8-6-13-10(12)9(8)4-7/h2-4,11-12H,5-6H2,1H3. The van der Waals surface area contributed by atoms with Gasteiger partial charge in [0.2, 0.25) is 0 Å². The van der Waals surface area contributed by atoms with E-state index in [-0.39, 0.29) is 0 Å². The number of nitrogens with one attached hydrogen (secondary N) is 1. The summed E-state index contributed by atoms with van der Waals surface area (Å²) in [5.74, 6) is 0. The summed E-state index contributed by atoms with van der Waals surface area (Å²) in [5.41, 5.74) is 3.17. The van der Waals surface area contributed by atoms with Crippen molar-refractivity contribution in [2.24, 2.45) is 0 Å². The summed E-state index contributed by atoms with van der Waals surface area (Å²) < 4.78 is 5.09. The fourth-order valence-electron chi connectivity index (χ4n) is 1.58. The third-order valence-corrected chi connectivity index (χ3v) is 2.25. The molecule has 0 aromatic heterocycles. The van der Waals surface area contributed by atoms with E-state index >= 15 is 0 Å².